The van der Waals surface area contributed by atoms with Crippen molar-refractivity contribution in [1.29, 1.82) is 0 Å². The van der Waals surface area contributed by atoms with Gasteiger partial charge in [-0.3, -0.25) is 9.63 Å². The van der Waals surface area contributed by atoms with Gasteiger partial charge in [0.05, 0.1) is 21.7 Å². The van der Waals surface area contributed by atoms with E-state index < -0.39 is 10.8 Å². The highest BCUT2D eigenvalue weighted by Gasteiger charge is 2.37. The molecule has 0 spiro atoms. The molecule has 0 bridgehead atoms. The molecule has 21 heavy (non-hydrogen) atoms. The molecule has 5 heteroatoms. The van der Waals surface area contributed by atoms with Crippen LogP contribution in [-0.2, 0) is 10.8 Å². The second-order valence-electron chi connectivity index (χ2n) is 5.55. The molecule has 3 nitrogen and oxygen atoms in total. The standard InChI is InChI=1S/C16H15ClN2OS/c17-12-4-1-10(2-5-12)15-9-13-14(21(15)20)6-3-11-7-8-18-19-16(11)13/h1-2,4-5,8,15,19H,3,6-7,9H2. The minimum atomic E-state index is -0.939. The Balaban J connectivity index is 1.68. The van der Waals surface area contributed by atoms with E-state index in [0.29, 0.717) is 5.02 Å². The van der Waals surface area contributed by atoms with E-state index in [2.05, 4.69) is 10.5 Å². The van der Waals surface area contributed by atoms with E-state index in [1.807, 2.05) is 30.5 Å². The molecule has 1 aliphatic carbocycles. The van der Waals surface area contributed by atoms with E-state index in [-0.39, 0.29) is 5.25 Å². The van der Waals surface area contributed by atoms with Crippen molar-refractivity contribution < 1.29 is 4.21 Å². The van der Waals surface area contributed by atoms with Gasteiger partial charge in [-0.1, -0.05) is 23.7 Å². The van der Waals surface area contributed by atoms with Gasteiger partial charge in [0.2, 0.25) is 0 Å². The number of allylic oxidation sites excluding steroid dienone is 3. The summed E-state index contributed by atoms with van der Waals surface area (Å²) in [4.78, 5) is 1.11. The average Bonchev–Trinajstić information content (AvgIpc) is 2.86. The van der Waals surface area contributed by atoms with Crippen molar-refractivity contribution in [3.8, 4) is 0 Å². The molecule has 2 heterocycles. The Kier molecular flexibility index (Phi) is 3.23. The average molecular weight is 319 g/mol. The van der Waals surface area contributed by atoms with Crippen LogP contribution in [-0.4, -0.2) is 10.4 Å². The van der Waals surface area contributed by atoms with E-state index in [0.717, 1.165) is 41.8 Å². The number of hydrogen-bond acceptors (Lipinski definition) is 3. The molecule has 3 aliphatic rings. The number of nitrogens with zero attached hydrogens (tertiary/aromatic N) is 1. The number of halogens is 1. The zero-order valence-electron chi connectivity index (χ0n) is 11.4. The van der Waals surface area contributed by atoms with Crippen LogP contribution in [0.1, 0.15) is 36.5 Å². The number of rotatable bonds is 1. The van der Waals surface area contributed by atoms with Gasteiger partial charge in [-0.05, 0) is 48.1 Å². The summed E-state index contributed by atoms with van der Waals surface area (Å²) in [6.45, 7) is 0. The Hall–Kier alpha value is -1.39. The Morgan fingerprint density at radius 1 is 1.24 bits per heavy atom. The van der Waals surface area contributed by atoms with Crippen molar-refractivity contribution in [3.63, 3.8) is 0 Å². The van der Waals surface area contributed by atoms with Crippen LogP contribution in [0.5, 0.6) is 0 Å². The lowest BCUT2D eigenvalue weighted by molar-refractivity contribution is 0.678. The SMILES string of the molecule is O=S1C2=C(CC1c1ccc(Cl)cc1)C1=C(CC=NN1)CC2. The monoisotopic (exact) mass is 318 g/mol. The molecule has 0 fully saturated rings. The second-order valence-corrected chi connectivity index (χ2v) is 7.64. The summed E-state index contributed by atoms with van der Waals surface area (Å²) in [7, 11) is -0.939. The Morgan fingerprint density at radius 3 is 2.86 bits per heavy atom. The first-order chi connectivity index (χ1) is 10.2. The number of hydrogen-bond donors (Lipinski definition) is 1. The predicted octanol–water partition coefficient (Wildman–Crippen LogP) is 3.81. The van der Waals surface area contributed by atoms with Gasteiger partial charge >= 0.3 is 0 Å². The van der Waals surface area contributed by atoms with Crippen molar-refractivity contribution >= 4 is 28.6 Å². The number of benzene rings is 1. The maximum atomic E-state index is 12.8. The molecule has 0 amide bonds. The summed E-state index contributed by atoms with van der Waals surface area (Å²) in [5, 5.41) is 4.94. The van der Waals surface area contributed by atoms with Crippen molar-refractivity contribution in [2.45, 2.75) is 30.9 Å². The Morgan fingerprint density at radius 2 is 2.05 bits per heavy atom. The molecule has 0 saturated carbocycles. The highest BCUT2D eigenvalue weighted by Crippen LogP contribution is 2.47. The fraction of sp³-hybridized carbons (Fsp3) is 0.312. The number of hydrazone groups is 1. The van der Waals surface area contributed by atoms with E-state index in [1.165, 1.54) is 11.1 Å². The summed E-state index contributed by atoms with van der Waals surface area (Å²) in [5.74, 6) is 0. The third-order valence-corrected chi connectivity index (χ3v) is 6.53. The van der Waals surface area contributed by atoms with Gasteiger partial charge in [0.15, 0.2) is 0 Å². The van der Waals surface area contributed by atoms with Crippen molar-refractivity contribution in [1.82, 2.24) is 5.43 Å². The maximum absolute atomic E-state index is 12.8. The first-order valence-corrected chi connectivity index (χ1v) is 8.71. The van der Waals surface area contributed by atoms with Gasteiger partial charge < -0.3 is 0 Å². The van der Waals surface area contributed by atoms with Crippen LogP contribution in [0.15, 0.2) is 51.1 Å². The molecule has 1 aromatic carbocycles. The number of fused-ring (bicyclic) bond motifs is 1. The molecular weight excluding hydrogens is 304 g/mol. The quantitative estimate of drug-likeness (QED) is 0.855. The third-order valence-electron chi connectivity index (χ3n) is 4.38. The second kappa shape index (κ2) is 5.11. The Labute approximate surface area is 131 Å². The highest BCUT2D eigenvalue weighted by molar-refractivity contribution is 7.89. The van der Waals surface area contributed by atoms with Crippen LogP contribution in [0.4, 0.5) is 0 Å². The molecule has 4 rings (SSSR count). The zero-order valence-corrected chi connectivity index (χ0v) is 13.0. The highest BCUT2D eigenvalue weighted by atomic mass is 35.5. The fourth-order valence-corrected chi connectivity index (χ4v) is 5.22. The van der Waals surface area contributed by atoms with E-state index in [4.69, 9.17) is 11.6 Å². The zero-order chi connectivity index (χ0) is 14.4. The molecule has 0 radical (unpaired) electrons. The molecule has 2 unspecified atom stereocenters. The normalized spacial score (nSPS) is 27.5. The molecular formula is C16H15ClN2OS. The summed E-state index contributed by atoms with van der Waals surface area (Å²) in [6.07, 6.45) is 5.56. The molecule has 2 atom stereocenters. The topological polar surface area (TPSA) is 41.5 Å². The van der Waals surface area contributed by atoms with Crippen LogP contribution >= 0.6 is 11.6 Å². The summed E-state index contributed by atoms with van der Waals surface area (Å²) >= 11 is 5.95. The molecule has 2 aliphatic heterocycles. The predicted molar refractivity (Wildman–Crippen MR) is 86.5 cm³/mol. The lowest BCUT2D eigenvalue weighted by Crippen LogP contribution is -2.19. The summed E-state index contributed by atoms with van der Waals surface area (Å²) in [6, 6.07) is 7.73. The van der Waals surface area contributed by atoms with Crippen molar-refractivity contribution in [2.75, 3.05) is 0 Å². The first kappa shape index (κ1) is 13.3. The van der Waals surface area contributed by atoms with Gasteiger partial charge in [0.25, 0.3) is 0 Å². The van der Waals surface area contributed by atoms with Gasteiger partial charge in [0, 0.05) is 22.6 Å². The largest absolute Gasteiger partial charge is 0.279 e. The molecule has 0 aromatic heterocycles. The van der Waals surface area contributed by atoms with E-state index >= 15 is 0 Å². The fourth-order valence-electron chi connectivity index (χ4n) is 3.30. The van der Waals surface area contributed by atoms with Crippen molar-refractivity contribution in [3.05, 3.63) is 56.6 Å². The van der Waals surface area contributed by atoms with Crippen molar-refractivity contribution in [2.24, 2.45) is 5.10 Å². The van der Waals surface area contributed by atoms with Crippen LogP contribution in [0.25, 0.3) is 0 Å². The minimum absolute atomic E-state index is 0.0480. The summed E-state index contributed by atoms with van der Waals surface area (Å²) < 4.78 is 12.8. The molecule has 108 valence electrons. The molecule has 1 N–H and O–H groups in total. The summed E-state index contributed by atoms with van der Waals surface area (Å²) in [5.41, 5.74) is 7.99. The van der Waals surface area contributed by atoms with E-state index in [9.17, 15) is 4.21 Å². The van der Waals surface area contributed by atoms with Gasteiger partial charge in [-0.15, -0.1) is 0 Å². The lowest BCUT2D eigenvalue weighted by atomic mass is 9.90. The van der Waals surface area contributed by atoms with Gasteiger partial charge in [0.1, 0.15) is 0 Å². The maximum Gasteiger partial charge on any atom is 0.0682 e. The van der Waals surface area contributed by atoms with Crippen LogP contribution in [0.2, 0.25) is 5.02 Å². The lowest BCUT2D eigenvalue weighted by Gasteiger charge is -2.23. The van der Waals surface area contributed by atoms with Gasteiger partial charge in [-0.25, -0.2) is 0 Å². The van der Waals surface area contributed by atoms with Gasteiger partial charge in [-0.2, -0.15) is 5.10 Å². The Bertz CT molecular complexity index is 718. The van der Waals surface area contributed by atoms with Crippen LogP contribution in [0, 0.1) is 0 Å². The van der Waals surface area contributed by atoms with E-state index in [1.54, 1.807) is 0 Å². The number of nitrogens with one attached hydrogen (secondary N) is 1. The smallest absolute Gasteiger partial charge is 0.0682 e. The first-order valence-electron chi connectivity index (χ1n) is 7.12. The minimum Gasteiger partial charge on any atom is -0.279 e. The molecule has 1 aromatic rings. The third kappa shape index (κ3) is 2.17. The van der Waals surface area contributed by atoms with Crippen LogP contribution < -0.4 is 5.43 Å². The van der Waals surface area contributed by atoms with Crippen LogP contribution in [0.3, 0.4) is 0 Å². The molecule has 0 saturated heterocycles.